The first kappa shape index (κ1) is 20.6. The summed E-state index contributed by atoms with van der Waals surface area (Å²) in [7, 11) is -3.49. The molecule has 3 rings (SSSR count). The number of sulfonamides is 1. The van der Waals surface area contributed by atoms with Gasteiger partial charge in [-0.05, 0) is 50.8 Å². The minimum absolute atomic E-state index is 0. The zero-order valence-corrected chi connectivity index (χ0v) is 16.8. The van der Waals surface area contributed by atoms with E-state index in [1.165, 1.54) is 15.6 Å². The SMILES string of the molecule is Cc1ccc(S(=O)(=O)N2CCCC(C(=O)N3CCC(CN)C3)C2)s1.Cl. The highest BCUT2D eigenvalue weighted by atomic mass is 35.5. The van der Waals surface area contributed by atoms with Crippen LogP contribution in [0.15, 0.2) is 16.3 Å². The number of hydrogen-bond donors (Lipinski definition) is 1. The molecule has 3 heterocycles. The Labute approximate surface area is 159 Å². The third-order valence-electron chi connectivity index (χ3n) is 4.97. The molecule has 1 amide bonds. The number of piperidine rings is 1. The van der Waals surface area contributed by atoms with Crippen molar-refractivity contribution in [3.8, 4) is 0 Å². The van der Waals surface area contributed by atoms with E-state index in [1.54, 1.807) is 6.07 Å². The highest BCUT2D eigenvalue weighted by Crippen LogP contribution is 2.29. The molecule has 0 saturated carbocycles. The molecule has 0 spiro atoms. The normalized spacial score (nSPS) is 25.0. The van der Waals surface area contributed by atoms with Crippen molar-refractivity contribution >= 4 is 39.7 Å². The van der Waals surface area contributed by atoms with E-state index in [2.05, 4.69) is 0 Å². The van der Waals surface area contributed by atoms with Gasteiger partial charge in [0.05, 0.1) is 5.92 Å². The molecule has 2 N–H and O–H groups in total. The van der Waals surface area contributed by atoms with Crippen LogP contribution in [0.4, 0.5) is 0 Å². The van der Waals surface area contributed by atoms with Gasteiger partial charge in [-0.3, -0.25) is 4.79 Å². The van der Waals surface area contributed by atoms with E-state index in [9.17, 15) is 13.2 Å². The Bertz CT molecular complexity index is 707. The molecule has 142 valence electrons. The molecule has 1 aromatic rings. The number of likely N-dealkylation sites (tertiary alicyclic amines) is 1. The van der Waals surface area contributed by atoms with Crippen molar-refractivity contribution in [2.75, 3.05) is 32.7 Å². The molecule has 2 aliphatic rings. The van der Waals surface area contributed by atoms with E-state index in [-0.39, 0.29) is 24.2 Å². The Balaban J connectivity index is 0.00000225. The van der Waals surface area contributed by atoms with Crippen LogP contribution in [-0.2, 0) is 14.8 Å². The standard InChI is InChI=1S/C16H25N3O3S2.ClH/c1-12-4-5-15(23-12)24(21,22)19-7-2-3-14(11-19)16(20)18-8-6-13(9-17)10-18;/h4-5,13-14H,2-3,6-11,17H2,1H3;1H. The maximum Gasteiger partial charge on any atom is 0.252 e. The fraction of sp³-hybridized carbons (Fsp3) is 0.688. The van der Waals surface area contributed by atoms with Gasteiger partial charge in [0.25, 0.3) is 10.0 Å². The summed E-state index contributed by atoms with van der Waals surface area (Å²) in [4.78, 5) is 15.6. The predicted octanol–water partition coefficient (Wildman–Crippen LogP) is 1.69. The number of halogens is 1. The maximum atomic E-state index is 12.8. The Kier molecular flexibility index (Phi) is 6.89. The lowest BCUT2D eigenvalue weighted by Crippen LogP contribution is -2.46. The van der Waals surface area contributed by atoms with E-state index in [1.807, 2.05) is 17.9 Å². The van der Waals surface area contributed by atoms with Crippen LogP contribution in [0.3, 0.4) is 0 Å². The summed E-state index contributed by atoms with van der Waals surface area (Å²) < 4.78 is 27.4. The van der Waals surface area contributed by atoms with Gasteiger partial charge in [-0.2, -0.15) is 4.31 Å². The van der Waals surface area contributed by atoms with Gasteiger partial charge in [0, 0.05) is 31.1 Å². The third-order valence-corrected chi connectivity index (χ3v) is 8.31. The summed E-state index contributed by atoms with van der Waals surface area (Å²) in [5.41, 5.74) is 5.70. The summed E-state index contributed by atoms with van der Waals surface area (Å²) >= 11 is 1.29. The Morgan fingerprint density at radius 1 is 1.28 bits per heavy atom. The molecule has 2 atom stereocenters. The highest BCUT2D eigenvalue weighted by Gasteiger charge is 2.37. The molecule has 6 nitrogen and oxygen atoms in total. The molecule has 2 saturated heterocycles. The van der Waals surface area contributed by atoms with E-state index in [0.717, 1.165) is 30.7 Å². The number of carbonyl (C=O) groups excluding carboxylic acids is 1. The molecule has 1 aromatic heterocycles. The molecule has 2 unspecified atom stereocenters. The van der Waals surface area contributed by atoms with Crippen molar-refractivity contribution in [2.24, 2.45) is 17.6 Å². The average Bonchev–Trinajstić information content (AvgIpc) is 3.23. The average molecular weight is 408 g/mol. The van der Waals surface area contributed by atoms with Gasteiger partial charge in [-0.25, -0.2) is 8.42 Å². The van der Waals surface area contributed by atoms with Crippen molar-refractivity contribution in [3.05, 3.63) is 17.0 Å². The zero-order chi connectivity index (χ0) is 17.3. The molecule has 0 aliphatic carbocycles. The lowest BCUT2D eigenvalue weighted by atomic mass is 9.98. The van der Waals surface area contributed by atoms with Crippen molar-refractivity contribution in [2.45, 2.75) is 30.4 Å². The minimum atomic E-state index is -3.49. The Morgan fingerprint density at radius 3 is 2.64 bits per heavy atom. The predicted molar refractivity (Wildman–Crippen MR) is 102 cm³/mol. The van der Waals surface area contributed by atoms with E-state index in [0.29, 0.717) is 36.3 Å². The first-order valence-corrected chi connectivity index (χ1v) is 10.7. The number of nitrogens with two attached hydrogens (primary N) is 1. The number of carbonyl (C=O) groups is 1. The monoisotopic (exact) mass is 407 g/mol. The van der Waals surface area contributed by atoms with Crippen LogP contribution in [0, 0.1) is 18.8 Å². The van der Waals surface area contributed by atoms with Crippen LogP contribution in [0.5, 0.6) is 0 Å². The van der Waals surface area contributed by atoms with Crippen LogP contribution in [-0.4, -0.2) is 56.3 Å². The van der Waals surface area contributed by atoms with Crippen LogP contribution in [0.25, 0.3) is 0 Å². The maximum absolute atomic E-state index is 12.8. The fourth-order valence-corrected chi connectivity index (χ4v) is 6.49. The Hall–Kier alpha value is -0.670. The smallest absolute Gasteiger partial charge is 0.252 e. The number of hydrogen-bond acceptors (Lipinski definition) is 5. The number of rotatable bonds is 4. The summed E-state index contributed by atoms with van der Waals surface area (Å²) in [5, 5.41) is 0. The van der Waals surface area contributed by atoms with Crippen molar-refractivity contribution in [1.82, 2.24) is 9.21 Å². The van der Waals surface area contributed by atoms with Gasteiger partial charge in [0.1, 0.15) is 4.21 Å². The third kappa shape index (κ3) is 4.36. The number of aryl methyl sites for hydroxylation is 1. The van der Waals surface area contributed by atoms with E-state index in [4.69, 9.17) is 5.73 Å². The van der Waals surface area contributed by atoms with E-state index < -0.39 is 10.0 Å². The second-order valence-corrected chi connectivity index (χ2v) is 10.2. The van der Waals surface area contributed by atoms with E-state index >= 15 is 0 Å². The van der Waals surface area contributed by atoms with Crippen LogP contribution in [0.1, 0.15) is 24.1 Å². The molecular formula is C16H26ClN3O3S2. The van der Waals surface area contributed by atoms with Crippen LogP contribution < -0.4 is 5.73 Å². The second kappa shape index (κ2) is 8.35. The molecule has 9 heteroatoms. The van der Waals surface area contributed by atoms with Crippen molar-refractivity contribution < 1.29 is 13.2 Å². The van der Waals surface area contributed by atoms with Gasteiger partial charge in [-0.15, -0.1) is 23.7 Å². The van der Waals surface area contributed by atoms with Crippen LogP contribution in [0.2, 0.25) is 0 Å². The number of amides is 1. The number of nitrogens with zero attached hydrogens (tertiary/aromatic N) is 2. The van der Waals surface area contributed by atoms with Crippen LogP contribution >= 0.6 is 23.7 Å². The minimum Gasteiger partial charge on any atom is -0.342 e. The molecule has 0 radical (unpaired) electrons. The first-order valence-electron chi connectivity index (χ1n) is 8.47. The summed E-state index contributed by atoms with van der Waals surface area (Å²) in [6.07, 6.45) is 2.44. The van der Waals surface area contributed by atoms with Crippen molar-refractivity contribution in [1.29, 1.82) is 0 Å². The first-order chi connectivity index (χ1) is 11.4. The molecule has 2 fully saturated rings. The summed E-state index contributed by atoms with van der Waals surface area (Å²) in [6.45, 7) is 4.74. The summed E-state index contributed by atoms with van der Waals surface area (Å²) in [5.74, 6) is 0.241. The molecular weight excluding hydrogens is 382 g/mol. The van der Waals surface area contributed by atoms with Gasteiger partial charge in [-0.1, -0.05) is 0 Å². The molecule has 0 bridgehead atoms. The number of thiophene rings is 1. The fourth-order valence-electron chi connectivity index (χ4n) is 3.52. The molecule has 25 heavy (non-hydrogen) atoms. The van der Waals surface area contributed by atoms with Gasteiger partial charge in [0.2, 0.25) is 5.91 Å². The van der Waals surface area contributed by atoms with Gasteiger partial charge < -0.3 is 10.6 Å². The topological polar surface area (TPSA) is 83.7 Å². The molecule has 0 aromatic carbocycles. The lowest BCUT2D eigenvalue weighted by Gasteiger charge is -2.33. The summed E-state index contributed by atoms with van der Waals surface area (Å²) in [6, 6.07) is 3.48. The lowest BCUT2D eigenvalue weighted by molar-refractivity contribution is -0.135. The largest absolute Gasteiger partial charge is 0.342 e. The Morgan fingerprint density at radius 2 is 2.04 bits per heavy atom. The van der Waals surface area contributed by atoms with Crippen molar-refractivity contribution in [3.63, 3.8) is 0 Å². The van der Waals surface area contributed by atoms with Gasteiger partial charge >= 0.3 is 0 Å². The quantitative estimate of drug-likeness (QED) is 0.823. The second-order valence-electron chi connectivity index (χ2n) is 6.74. The van der Waals surface area contributed by atoms with Gasteiger partial charge in [0.15, 0.2) is 0 Å². The zero-order valence-electron chi connectivity index (χ0n) is 14.4. The highest BCUT2D eigenvalue weighted by molar-refractivity contribution is 7.91. The molecule has 2 aliphatic heterocycles.